The van der Waals surface area contributed by atoms with Crippen LogP contribution in [0.3, 0.4) is 0 Å². The smallest absolute Gasteiger partial charge is 0.330 e. The second kappa shape index (κ2) is 11.3. The zero-order chi connectivity index (χ0) is 23.9. The zero-order valence-corrected chi connectivity index (χ0v) is 20.1. The van der Waals surface area contributed by atoms with Crippen LogP contribution in [0.5, 0.6) is 0 Å². The molecule has 0 aliphatic carbocycles. The van der Waals surface area contributed by atoms with Crippen molar-refractivity contribution < 1.29 is 4.79 Å². The lowest BCUT2D eigenvalue weighted by Crippen LogP contribution is -2.49. The van der Waals surface area contributed by atoms with E-state index in [1.54, 1.807) is 6.92 Å². The molecule has 1 aromatic carbocycles. The maximum Gasteiger partial charge on any atom is 0.330 e. The topological polar surface area (TPSA) is 113 Å². The number of H-pyrrole nitrogens is 1. The maximum absolute atomic E-state index is 13.2. The molecule has 1 heterocycles. The summed E-state index contributed by atoms with van der Waals surface area (Å²) in [6, 6.07) is 7.57. The summed E-state index contributed by atoms with van der Waals surface area (Å²) in [5.41, 5.74) is 5.60. The van der Waals surface area contributed by atoms with Crippen LogP contribution in [-0.2, 0) is 16.9 Å². The van der Waals surface area contributed by atoms with E-state index in [1.165, 1.54) is 9.47 Å². The third-order valence-corrected chi connectivity index (χ3v) is 6.27. The van der Waals surface area contributed by atoms with E-state index in [0.717, 1.165) is 31.2 Å². The molecule has 0 unspecified atom stereocenters. The Bertz CT molecular complexity index is 1030. The van der Waals surface area contributed by atoms with Crippen molar-refractivity contribution in [3.05, 3.63) is 55.7 Å². The highest BCUT2D eigenvalue weighted by atomic mass is 35.5. The number of nitrogens with two attached hydrogens (primary N) is 1. The van der Waals surface area contributed by atoms with Crippen molar-refractivity contribution in [1.82, 2.24) is 14.9 Å². The Morgan fingerprint density at radius 3 is 2.31 bits per heavy atom. The molecule has 0 fully saturated rings. The van der Waals surface area contributed by atoms with E-state index in [1.807, 2.05) is 31.2 Å². The summed E-state index contributed by atoms with van der Waals surface area (Å²) < 4.78 is 1.32. The van der Waals surface area contributed by atoms with E-state index in [2.05, 4.69) is 24.1 Å². The molecule has 1 aromatic heterocycles. The fourth-order valence-electron chi connectivity index (χ4n) is 3.96. The number of nitrogen functional groups attached to an aromatic ring is 1. The summed E-state index contributed by atoms with van der Waals surface area (Å²) in [7, 11) is 0. The van der Waals surface area contributed by atoms with Gasteiger partial charge in [0.05, 0.1) is 6.54 Å². The van der Waals surface area contributed by atoms with E-state index in [4.69, 9.17) is 17.3 Å². The second-order valence-corrected chi connectivity index (χ2v) is 8.22. The first-order valence-corrected chi connectivity index (χ1v) is 11.6. The molecule has 1 amide bonds. The third-order valence-electron chi connectivity index (χ3n) is 6.02. The van der Waals surface area contributed by atoms with Gasteiger partial charge in [0.15, 0.2) is 5.69 Å². The molecule has 8 nitrogen and oxygen atoms in total. The summed E-state index contributed by atoms with van der Waals surface area (Å²) in [5, 5.41) is 4.05. The second-order valence-electron chi connectivity index (χ2n) is 7.79. The predicted molar refractivity (Wildman–Crippen MR) is 130 cm³/mol. The van der Waals surface area contributed by atoms with Crippen molar-refractivity contribution in [1.29, 1.82) is 0 Å². The van der Waals surface area contributed by atoms with Gasteiger partial charge in [0, 0.05) is 23.7 Å². The number of hydrogen-bond acceptors (Lipinski definition) is 5. The number of benzene rings is 1. The number of hydrogen-bond donors (Lipinski definition) is 3. The van der Waals surface area contributed by atoms with Crippen LogP contribution in [0, 0.1) is 0 Å². The van der Waals surface area contributed by atoms with Crippen LogP contribution in [0.1, 0.15) is 58.9 Å². The molecular weight excluding hydrogens is 430 g/mol. The lowest BCUT2D eigenvalue weighted by atomic mass is 9.84. The molecule has 2 rings (SSSR count). The minimum atomic E-state index is -0.662. The number of amides is 1. The minimum absolute atomic E-state index is 0.00507. The van der Waals surface area contributed by atoms with E-state index >= 15 is 0 Å². The van der Waals surface area contributed by atoms with Crippen LogP contribution < -0.4 is 27.2 Å². The minimum Gasteiger partial charge on any atom is -0.383 e. The van der Waals surface area contributed by atoms with Gasteiger partial charge in [0.2, 0.25) is 5.91 Å². The van der Waals surface area contributed by atoms with Crippen LogP contribution >= 0.6 is 11.6 Å². The monoisotopic (exact) mass is 463 g/mol. The van der Waals surface area contributed by atoms with E-state index < -0.39 is 16.8 Å². The van der Waals surface area contributed by atoms with Crippen molar-refractivity contribution in [3.63, 3.8) is 0 Å². The predicted octanol–water partition coefficient (Wildman–Crippen LogP) is 3.23. The molecule has 32 heavy (non-hydrogen) atoms. The van der Waals surface area contributed by atoms with Gasteiger partial charge < -0.3 is 10.6 Å². The van der Waals surface area contributed by atoms with Crippen LogP contribution in [0.2, 0.25) is 5.02 Å². The number of nitrogens with zero attached hydrogens (tertiary/aromatic N) is 2. The Balaban J connectivity index is 2.34. The molecule has 0 aliphatic heterocycles. The van der Waals surface area contributed by atoms with Crippen molar-refractivity contribution in [2.45, 2.75) is 65.5 Å². The molecule has 0 aliphatic rings. The van der Waals surface area contributed by atoms with Crippen molar-refractivity contribution in [3.8, 4) is 0 Å². The van der Waals surface area contributed by atoms with E-state index in [0.29, 0.717) is 11.6 Å². The van der Waals surface area contributed by atoms with Gasteiger partial charge in [-0.2, -0.15) is 0 Å². The number of unbranched alkanes of at least 4 members (excludes halogenated alkanes) is 1. The first-order chi connectivity index (χ1) is 15.2. The van der Waals surface area contributed by atoms with Crippen LogP contribution in [0.15, 0.2) is 33.9 Å². The number of rotatable bonds is 11. The molecule has 4 N–H and O–H groups in total. The van der Waals surface area contributed by atoms with Gasteiger partial charge in [-0.05, 0) is 43.9 Å². The summed E-state index contributed by atoms with van der Waals surface area (Å²) >= 11 is 6.04. The molecule has 0 saturated heterocycles. The van der Waals surface area contributed by atoms with Crippen LogP contribution in [0.4, 0.5) is 11.5 Å². The van der Waals surface area contributed by atoms with Gasteiger partial charge in [-0.25, -0.2) is 4.79 Å². The largest absolute Gasteiger partial charge is 0.383 e. The number of likely N-dealkylation sites (N-methyl/N-ethyl adjacent to an activating group) is 1. The van der Waals surface area contributed by atoms with Gasteiger partial charge >= 0.3 is 5.69 Å². The number of nitrogens with one attached hydrogen (secondary N) is 2. The molecule has 2 aromatic rings. The van der Waals surface area contributed by atoms with Crippen molar-refractivity contribution >= 4 is 29.0 Å². The average Bonchev–Trinajstić information content (AvgIpc) is 2.78. The number of carbonyl (C=O) groups excluding carboxylic acids is 1. The van der Waals surface area contributed by atoms with Gasteiger partial charge in [-0.15, -0.1) is 0 Å². The van der Waals surface area contributed by atoms with Crippen molar-refractivity contribution in [2.24, 2.45) is 0 Å². The number of halogens is 1. The highest BCUT2D eigenvalue weighted by molar-refractivity contribution is 6.30. The van der Waals surface area contributed by atoms with Gasteiger partial charge in [0.25, 0.3) is 5.56 Å². The summed E-state index contributed by atoms with van der Waals surface area (Å²) in [5.74, 6) is -0.289. The molecular formula is C23H34ClN5O3. The first-order valence-electron chi connectivity index (χ1n) is 11.2. The van der Waals surface area contributed by atoms with E-state index in [9.17, 15) is 14.4 Å². The maximum atomic E-state index is 13.2. The Morgan fingerprint density at radius 1 is 1.16 bits per heavy atom. The summed E-state index contributed by atoms with van der Waals surface area (Å²) in [6.45, 7) is 8.50. The summed E-state index contributed by atoms with van der Waals surface area (Å²) in [6.07, 6.45) is 3.11. The van der Waals surface area contributed by atoms with Crippen molar-refractivity contribution in [2.75, 3.05) is 23.7 Å². The van der Waals surface area contributed by atoms with Gasteiger partial charge in [-0.3, -0.25) is 24.5 Å². The molecule has 0 spiro atoms. The number of anilines is 2. The highest BCUT2D eigenvalue weighted by Crippen LogP contribution is 2.29. The SMILES string of the molecule is CCCCn1c(N)c(N(CC)C(=O)CNC(CC)(CC)c2ccc(Cl)cc2)c(=O)[nH]c1=O. The molecule has 0 saturated carbocycles. The molecule has 0 atom stereocenters. The standard InChI is InChI=1S/C23H34ClN5O3/c1-5-9-14-29-20(25)19(21(31)27-22(29)32)28(8-4)18(30)15-26-23(6-2,7-3)16-10-12-17(24)13-11-16/h10-13,26H,5-9,14-15,25H2,1-4H3,(H,27,31,32). The van der Waals surface area contributed by atoms with Crippen LogP contribution in [0.25, 0.3) is 0 Å². The average molecular weight is 464 g/mol. The zero-order valence-electron chi connectivity index (χ0n) is 19.3. The lowest BCUT2D eigenvalue weighted by molar-refractivity contribution is -0.118. The summed E-state index contributed by atoms with van der Waals surface area (Å²) in [4.78, 5) is 41.6. The van der Waals surface area contributed by atoms with E-state index in [-0.39, 0.29) is 30.5 Å². The van der Waals surface area contributed by atoms with Crippen LogP contribution in [-0.4, -0.2) is 28.5 Å². The normalized spacial score (nSPS) is 11.5. The number of carbonyl (C=O) groups is 1. The Kier molecular flexibility index (Phi) is 9.09. The Morgan fingerprint density at radius 2 is 1.78 bits per heavy atom. The fourth-order valence-corrected chi connectivity index (χ4v) is 4.08. The Labute approximate surface area is 193 Å². The Hall–Kier alpha value is -2.58. The van der Waals surface area contributed by atoms with Gasteiger partial charge in [-0.1, -0.05) is 50.9 Å². The molecule has 176 valence electrons. The molecule has 9 heteroatoms. The number of aromatic amines is 1. The highest BCUT2D eigenvalue weighted by Gasteiger charge is 2.30. The lowest BCUT2D eigenvalue weighted by Gasteiger charge is -2.34. The van der Waals surface area contributed by atoms with Gasteiger partial charge in [0.1, 0.15) is 5.82 Å². The quantitative estimate of drug-likeness (QED) is 0.473. The molecule has 0 bridgehead atoms. The number of aromatic nitrogens is 2. The molecule has 0 radical (unpaired) electrons. The third kappa shape index (κ3) is 5.42. The fraction of sp³-hybridized carbons (Fsp3) is 0.522. The first kappa shape index (κ1) is 25.7.